The van der Waals surface area contributed by atoms with Gasteiger partial charge in [0, 0.05) is 23.3 Å². The minimum absolute atomic E-state index is 0.329. The molecule has 0 saturated heterocycles. The zero-order chi connectivity index (χ0) is 22.4. The van der Waals surface area contributed by atoms with Crippen LogP contribution in [0.1, 0.15) is 0 Å². The Morgan fingerprint density at radius 3 is 1.52 bits per heavy atom. The van der Waals surface area contributed by atoms with Crippen LogP contribution in [0.5, 0.6) is 11.5 Å². The van der Waals surface area contributed by atoms with Crippen LogP contribution < -0.4 is 4.74 Å². The summed E-state index contributed by atoms with van der Waals surface area (Å²) in [5.41, 5.74) is 3.41. The van der Waals surface area contributed by atoms with Gasteiger partial charge in [-0.25, -0.2) is 18.7 Å². The molecule has 0 spiro atoms. The molecular formula is C26H14F2N2O3. The first-order chi connectivity index (χ1) is 16.1. The van der Waals surface area contributed by atoms with Gasteiger partial charge in [0.1, 0.15) is 34.2 Å². The predicted octanol–water partition coefficient (Wildman–Crippen LogP) is 7.37. The number of hydrogen-bond donors (Lipinski definition) is 0. The maximum Gasteiger partial charge on any atom is 0.227 e. The molecule has 0 amide bonds. The van der Waals surface area contributed by atoms with Gasteiger partial charge >= 0.3 is 0 Å². The fourth-order valence-corrected chi connectivity index (χ4v) is 3.57. The fourth-order valence-electron chi connectivity index (χ4n) is 3.57. The largest absolute Gasteiger partial charge is 0.457 e. The molecule has 0 aliphatic rings. The van der Waals surface area contributed by atoms with E-state index < -0.39 is 0 Å². The van der Waals surface area contributed by atoms with Crippen LogP contribution in [0.4, 0.5) is 8.78 Å². The second kappa shape index (κ2) is 7.56. The number of hydrogen-bond acceptors (Lipinski definition) is 5. The Morgan fingerprint density at radius 1 is 0.576 bits per heavy atom. The van der Waals surface area contributed by atoms with Gasteiger partial charge in [0.15, 0.2) is 11.2 Å². The highest BCUT2D eigenvalue weighted by Gasteiger charge is 2.12. The highest BCUT2D eigenvalue weighted by Crippen LogP contribution is 2.32. The monoisotopic (exact) mass is 440 g/mol. The summed E-state index contributed by atoms with van der Waals surface area (Å²) in [5, 5.41) is 0. The van der Waals surface area contributed by atoms with E-state index >= 15 is 0 Å². The van der Waals surface area contributed by atoms with E-state index in [-0.39, 0.29) is 11.6 Å². The first-order valence-electron chi connectivity index (χ1n) is 10.1. The standard InChI is InChI=1S/C26H14F2N2O3/c27-17-5-1-3-15(11-17)25-29-21-13-19(7-9-23(21)32-25)31-20-8-10-24-22(14-20)30-26(33-24)16-4-2-6-18(28)12-16/h1-14H. The van der Waals surface area contributed by atoms with Gasteiger partial charge in [-0.1, -0.05) is 12.1 Å². The first-order valence-corrected chi connectivity index (χ1v) is 10.1. The van der Waals surface area contributed by atoms with Crippen molar-refractivity contribution in [3.05, 3.63) is 96.6 Å². The van der Waals surface area contributed by atoms with Gasteiger partial charge in [0.2, 0.25) is 11.8 Å². The summed E-state index contributed by atoms with van der Waals surface area (Å²) in [5.74, 6) is 1.04. The zero-order valence-corrected chi connectivity index (χ0v) is 17.0. The SMILES string of the molecule is Fc1cccc(-c2nc3cc(Oc4ccc5oc(-c6cccc(F)c6)nc5c4)ccc3o2)c1. The average Bonchev–Trinajstić information content (AvgIpc) is 3.43. The van der Waals surface area contributed by atoms with Crippen LogP contribution >= 0.6 is 0 Å². The molecule has 5 nitrogen and oxygen atoms in total. The van der Waals surface area contributed by atoms with E-state index in [1.165, 1.54) is 24.3 Å². The number of fused-ring (bicyclic) bond motifs is 2. The van der Waals surface area contributed by atoms with Crippen molar-refractivity contribution in [1.29, 1.82) is 0 Å². The van der Waals surface area contributed by atoms with Crippen molar-refractivity contribution in [2.45, 2.75) is 0 Å². The zero-order valence-electron chi connectivity index (χ0n) is 17.0. The third-order valence-corrected chi connectivity index (χ3v) is 5.10. The Morgan fingerprint density at radius 2 is 1.06 bits per heavy atom. The Labute approximate surface area is 185 Å². The van der Waals surface area contributed by atoms with Crippen molar-refractivity contribution < 1.29 is 22.4 Å². The topological polar surface area (TPSA) is 61.3 Å². The number of nitrogens with zero attached hydrogens (tertiary/aromatic N) is 2. The average molecular weight is 440 g/mol. The lowest BCUT2D eigenvalue weighted by atomic mass is 10.2. The maximum atomic E-state index is 13.5. The summed E-state index contributed by atoms with van der Waals surface area (Å²) in [7, 11) is 0. The summed E-state index contributed by atoms with van der Waals surface area (Å²) in [4.78, 5) is 8.90. The van der Waals surface area contributed by atoms with Crippen molar-refractivity contribution in [2.75, 3.05) is 0 Å². The highest BCUT2D eigenvalue weighted by molar-refractivity contribution is 5.79. The maximum absolute atomic E-state index is 13.5. The number of ether oxygens (including phenoxy) is 1. The molecule has 33 heavy (non-hydrogen) atoms. The van der Waals surface area contributed by atoms with Crippen molar-refractivity contribution in [2.24, 2.45) is 0 Å². The second-order valence-electron chi connectivity index (χ2n) is 7.42. The van der Waals surface area contributed by atoms with Crippen molar-refractivity contribution in [3.63, 3.8) is 0 Å². The molecule has 0 bridgehead atoms. The third kappa shape index (κ3) is 3.70. The fraction of sp³-hybridized carbons (Fsp3) is 0. The Hall–Kier alpha value is -4.52. The van der Waals surface area contributed by atoms with Crippen LogP contribution in [-0.2, 0) is 0 Å². The molecule has 0 N–H and O–H groups in total. The van der Waals surface area contributed by atoms with Crippen molar-refractivity contribution in [1.82, 2.24) is 9.97 Å². The molecule has 160 valence electrons. The van der Waals surface area contributed by atoms with Gasteiger partial charge < -0.3 is 13.6 Å². The number of aromatic nitrogens is 2. The molecule has 0 radical (unpaired) electrons. The normalized spacial score (nSPS) is 11.3. The van der Waals surface area contributed by atoms with E-state index in [0.717, 1.165) is 0 Å². The number of oxazole rings is 2. The van der Waals surface area contributed by atoms with Gasteiger partial charge in [-0.15, -0.1) is 0 Å². The van der Waals surface area contributed by atoms with Crippen molar-refractivity contribution >= 4 is 22.2 Å². The number of halogens is 2. The summed E-state index contributed by atoms with van der Waals surface area (Å²) in [6.07, 6.45) is 0. The van der Waals surface area contributed by atoms with Gasteiger partial charge in [0.05, 0.1) is 0 Å². The molecule has 6 rings (SSSR count). The lowest BCUT2D eigenvalue weighted by Gasteiger charge is -2.04. The quantitative estimate of drug-likeness (QED) is 0.286. The Kier molecular flexibility index (Phi) is 4.40. The van der Waals surface area contributed by atoms with E-state index in [9.17, 15) is 8.78 Å². The summed E-state index contributed by atoms with van der Waals surface area (Å²) in [6.45, 7) is 0. The Bertz CT molecular complexity index is 1520. The summed E-state index contributed by atoms with van der Waals surface area (Å²) < 4.78 is 44.5. The van der Waals surface area contributed by atoms with Crippen LogP contribution in [0.15, 0.2) is 93.8 Å². The van der Waals surface area contributed by atoms with E-state index in [4.69, 9.17) is 13.6 Å². The lowest BCUT2D eigenvalue weighted by molar-refractivity contribution is 0.483. The summed E-state index contributed by atoms with van der Waals surface area (Å²) in [6, 6.07) is 22.6. The highest BCUT2D eigenvalue weighted by atomic mass is 19.1. The van der Waals surface area contributed by atoms with Crippen LogP contribution in [0.3, 0.4) is 0 Å². The molecule has 0 aliphatic heterocycles. The van der Waals surface area contributed by atoms with E-state index in [0.29, 0.717) is 56.6 Å². The predicted molar refractivity (Wildman–Crippen MR) is 119 cm³/mol. The lowest BCUT2D eigenvalue weighted by Crippen LogP contribution is -1.84. The molecule has 0 aliphatic carbocycles. The van der Waals surface area contributed by atoms with Gasteiger partial charge in [-0.05, 0) is 60.7 Å². The van der Waals surface area contributed by atoms with E-state index in [2.05, 4.69) is 9.97 Å². The minimum atomic E-state index is -0.359. The smallest absolute Gasteiger partial charge is 0.227 e. The van der Waals surface area contributed by atoms with Gasteiger partial charge in [-0.2, -0.15) is 0 Å². The molecule has 0 atom stereocenters. The van der Waals surface area contributed by atoms with E-state index in [1.807, 2.05) is 0 Å². The minimum Gasteiger partial charge on any atom is -0.457 e. The molecule has 0 unspecified atom stereocenters. The molecular weight excluding hydrogens is 426 g/mol. The number of benzene rings is 4. The first kappa shape index (κ1) is 19.2. The second-order valence-corrected chi connectivity index (χ2v) is 7.42. The van der Waals surface area contributed by atoms with Crippen LogP contribution in [0, 0.1) is 11.6 Å². The molecule has 7 heteroatoms. The molecule has 2 heterocycles. The van der Waals surface area contributed by atoms with Crippen molar-refractivity contribution in [3.8, 4) is 34.4 Å². The van der Waals surface area contributed by atoms with Gasteiger partial charge in [-0.3, -0.25) is 0 Å². The molecule has 2 aromatic heterocycles. The van der Waals surface area contributed by atoms with Crippen LogP contribution in [-0.4, -0.2) is 9.97 Å². The van der Waals surface area contributed by atoms with Crippen LogP contribution in [0.2, 0.25) is 0 Å². The molecule has 6 aromatic rings. The summed E-state index contributed by atoms with van der Waals surface area (Å²) >= 11 is 0. The molecule has 0 saturated carbocycles. The Balaban J connectivity index is 1.29. The molecule has 0 fully saturated rings. The molecule has 4 aromatic carbocycles. The van der Waals surface area contributed by atoms with Gasteiger partial charge in [0.25, 0.3) is 0 Å². The van der Waals surface area contributed by atoms with E-state index in [1.54, 1.807) is 60.7 Å². The third-order valence-electron chi connectivity index (χ3n) is 5.10. The van der Waals surface area contributed by atoms with Crippen LogP contribution in [0.25, 0.3) is 45.1 Å². The number of rotatable bonds is 4.